The third-order valence-electron chi connectivity index (χ3n) is 11.8. The number of hydrogen-bond acceptors (Lipinski definition) is 1. The van der Waals surface area contributed by atoms with Crippen molar-refractivity contribution in [2.75, 3.05) is 4.90 Å². The standard InChI is InChI=1S/C56H41N/c1-3-18-46-47-25-14-16-27-52(47)56(51(46)4-2)53-28-17-15-26-48(53)49-35-34-45(38-54(49)56)57(44-32-29-41(30-33-44)39-19-8-5-9-20-39)55-36-31-43(40-21-10-6-11-22-40)37-50(55)42-23-12-7-13-24-42/h3-38H,2H2,1H3/b18-3-. The summed E-state index contributed by atoms with van der Waals surface area (Å²) in [5, 5.41) is 0. The lowest BCUT2D eigenvalue weighted by Crippen LogP contribution is -2.27. The maximum absolute atomic E-state index is 4.49. The Bertz CT molecular complexity index is 2850. The van der Waals surface area contributed by atoms with Crippen molar-refractivity contribution in [2.45, 2.75) is 12.3 Å². The van der Waals surface area contributed by atoms with Crippen molar-refractivity contribution in [1.82, 2.24) is 0 Å². The van der Waals surface area contributed by atoms with Gasteiger partial charge in [-0.3, -0.25) is 0 Å². The van der Waals surface area contributed by atoms with Gasteiger partial charge in [0.05, 0.1) is 11.1 Å². The molecule has 1 unspecified atom stereocenters. The van der Waals surface area contributed by atoms with E-state index in [1.54, 1.807) is 0 Å². The van der Waals surface area contributed by atoms with Crippen molar-refractivity contribution in [3.63, 3.8) is 0 Å². The molecule has 0 saturated heterocycles. The first-order chi connectivity index (χ1) is 28.2. The van der Waals surface area contributed by atoms with Crippen LogP contribution in [0.25, 0.3) is 50.1 Å². The molecule has 8 aromatic carbocycles. The minimum Gasteiger partial charge on any atom is -0.310 e. The van der Waals surface area contributed by atoms with Crippen LogP contribution in [0.3, 0.4) is 0 Å². The predicted molar refractivity (Wildman–Crippen MR) is 241 cm³/mol. The van der Waals surface area contributed by atoms with Gasteiger partial charge in [-0.1, -0.05) is 189 Å². The average Bonchev–Trinajstić information content (AvgIpc) is 3.74. The molecule has 0 radical (unpaired) electrons. The van der Waals surface area contributed by atoms with E-state index in [4.69, 9.17) is 0 Å². The van der Waals surface area contributed by atoms with Crippen LogP contribution >= 0.6 is 0 Å². The van der Waals surface area contributed by atoms with E-state index in [1.807, 2.05) is 0 Å². The molecule has 1 atom stereocenters. The Hall–Kier alpha value is -7.22. The molecule has 0 amide bonds. The van der Waals surface area contributed by atoms with Gasteiger partial charge >= 0.3 is 0 Å². The minimum atomic E-state index is -0.516. The lowest BCUT2D eigenvalue weighted by molar-refractivity contribution is 0.786. The quantitative estimate of drug-likeness (QED) is 0.151. The zero-order chi connectivity index (χ0) is 38.3. The number of allylic oxidation sites excluding steroid dienone is 5. The van der Waals surface area contributed by atoms with Gasteiger partial charge in [0.25, 0.3) is 0 Å². The Morgan fingerprint density at radius 1 is 0.421 bits per heavy atom. The van der Waals surface area contributed by atoms with Crippen molar-refractivity contribution >= 4 is 22.6 Å². The first-order valence-corrected chi connectivity index (χ1v) is 19.8. The maximum Gasteiger partial charge on any atom is 0.0726 e. The van der Waals surface area contributed by atoms with Crippen LogP contribution in [0, 0.1) is 0 Å². The molecule has 57 heavy (non-hydrogen) atoms. The van der Waals surface area contributed by atoms with E-state index in [0.29, 0.717) is 0 Å². The lowest BCUT2D eigenvalue weighted by atomic mass is 9.69. The van der Waals surface area contributed by atoms with E-state index in [9.17, 15) is 0 Å². The van der Waals surface area contributed by atoms with Crippen LogP contribution in [-0.4, -0.2) is 0 Å². The van der Waals surface area contributed by atoms with Gasteiger partial charge in [0.2, 0.25) is 0 Å². The zero-order valence-corrected chi connectivity index (χ0v) is 31.9. The average molecular weight is 728 g/mol. The highest BCUT2D eigenvalue weighted by atomic mass is 15.1. The number of anilines is 3. The molecular formula is C56H41N. The second kappa shape index (κ2) is 14.1. The summed E-state index contributed by atoms with van der Waals surface area (Å²) in [6.45, 7) is 6.59. The van der Waals surface area contributed by atoms with E-state index in [-0.39, 0.29) is 0 Å². The van der Waals surface area contributed by atoms with Crippen LogP contribution < -0.4 is 4.90 Å². The second-order valence-corrected chi connectivity index (χ2v) is 14.8. The normalized spacial score (nSPS) is 15.1. The van der Waals surface area contributed by atoms with Crippen LogP contribution in [0.2, 0.25) is 0 Å². The molecule has 10 rings (SSSR count). The number of fused-ring (bicyclic) bond motifs is 7. The van der Waals surface area contributed by atoms with Crippen LogP contribution in [0.5, 0.6) is 0 Å². The Kier molecular flexibility index (Phi) is 8.50. The van der Waals surface area contributed by atoms with Gasteiger partial charge in [0, 0.05) is 16.9 Å². The Morgan fingerprint density at radius 3 is 1.58 bits per heavy atom. The van der Waals surface area contributed by atoms with Crippen molar-refractivity contribution in [3.05, 3.63) is 253 Å². The lowest BCUT2D eigenvalue weighted by Gasteiger charge is -2.33. The molecule has 8 aromatic rings. The molecule has 0 aliphatic heterocycles. The van der Waals surface area contributed by atoms with Gasteiger partial charge in [0.15, 0.2) is 0 Å². The fourth-order valence-corrected chi connectivity index (χ4v) is 9.38. The molecule has 0 N–H and O–H groups in total. The molecule has 0 fully saturated rings. The smallest absolute Gasteiger partial charge is 0.0726 e. The first-order valence-electron chi connectivity index (χ1n) is 19.8. The maximum atomic E-state index is 4.49. The first kappa shape index (κ1) is 34.3. The summed E-state index contributed by atoms with van der Waals surface area (Å²) in [6.07, 6.45) is 6.51. The molecule has 1 nitrogen and oxygen atoms in total. The molecule has 270 valence electrons. The van der Waals surface area contributed by atoms with Crippen LogP contribution in [-0.2, 0) is 5.41 Å². The summed E-state index contributed by atoms with van der Waals surface area (Å²) >= 11 is 0. The predicted octanol–water partition coefficient (Wildman–Crippen LogP) is 15.0. The SMILES string of the molecule is C=CC1=C(/C=C\C)c2ccccc2C12c1ccccc1-c1ccc(N(c3ccc(-c4ccccc4)cc3)c3ccc(-c4ccccc4)cc3-c3ccccc3)cc12. The highest BCUT2D eigenvalue weighted by molar-refractivity contribution is 5.99. The molecule has 0 heterocycles. The number of rotatable bonds is 8. The number of hydrogen-bond donors (Lipinski definition) is 0. The zero-order valence-electron chi connectivity index (χ0n) is 31.9. The summed E-state index contributed by atoms with van der Waals surface area (Å²) in [4.78, 5) is 2.45. The van der Waals surface area contributed by atoms with E-state index in [2.05, 4.69) is 237 Å². The third-order valence-corrected chi connectivity index (χ3v) is 11.8. The van der Waals surface area contributed by atoms with E-state index < -0.39 is 5.41 Å². The van der Waals surface area contributed by atoms with Crippen molar-refractivity contribution in [3.8, 4) is 44.5 Å². The monoisotopic (exact) mass is 727 g/mol. The largest absolute Gasteiger partial charge is 0.310 e. The van der Waals surface area contributed by atoms with Gasteiger partial charge in [-0.25, -0.2) is 0 Å². The van der Waals surface area contributed by atoms with Crippen LogP contribution in [0.1, 0.15) is 29.2 Å². The van der Waals surface area contributed by atoms with Gasteiger partial charge in [-0.2, -0.15) is 0 Å². The fourth-order valence-electron chi connectivity index (χ4n) is 9.38. The van der Waals surface area contributed by atoms with Gasteiger partial charge in [0.1, 0.15) is 0 Å². The Morgan fingerprint density at radius 2 is 0.930 bits per heavy atom. The molecule has 0 bridgehead atoms. The Labute approximate surface area is 335 Å². The molecule has 1 heteroatoms. The van der Waals surface area contributed by atoms with Crippen molar-refractivity contribution in [1.29, 1.82) is 0 Å². The van der Waals surface area contributed by atoms with E-state index in [0.717, 1.165) is 22.6 Å². The highest BCUT2D eigenvalue weighted by Gasteiger charge is 2.51. The van der Waals surface area contributed by atoms with Crippen molar-refractivity contribution in [2.24, 2.45) is 0 Å². The minimum absolute atomic E-state index is 0.516. The molecular weight excluding hydrogens is 687 g/mol. The fraction of sp³-hybridized carbons (Fsp3) is 0.0357. The van der Waals surface area contributed by atoms with Crippen LogP contribution in [0.15, 0.2) is 231 Å². The topological polar surface area (TPSA) is 3.24 Å². The molecule has 2 aliphatic carbocycles. The highest BCUT2D eigenvalue weighted by Crippen LogP contribution is 2.63. The molecule has 1 spiro atoms. The van der Waals surface area contributed by atoms with Gasteiger partial charge in [-0.05, 0) is 116 Å². The summed E-state index contributed by atoms with van der Waals surface area (Å²) in [5.41, 5.74) is 20.0. The molecule has 0 saturated carbocycles. The van der Waals surface area contributed by atoms with E-state index in [1.165, 1.54) is 72.3 Å². The summed E-state index contributed by atoms with van der Waals surface area (Å²) in [6, 6.07) is 73.1. The number of benzene rings is 8. The summed E-state index contributed by atoms with van der Waals surface area (Å²) in [7, 11) is 0. The molecule has 0 aromatic heterocycles. The van der Waals surface area contributed by atoms with E-state index >= 15 is 0 Å². The Balaban J connectivity index is 1.25. The third kappa shape index (κ3) is 5.46. The number of nitrogens with zero attached hydrogens (tertiary/aromatic N) is 1. The second-order valence-electron chi connectivity index (χ2n) is 14.8. The van der Waals surface area contributed by atoms with Crippen LogP contribution in [0.4, 0.5) is 17.1 Å². The van der Waals surface area contributed by atoms with Gasteiger partial charge < -0.3 is 4.90 Å². The van der Waals surface area contributed by atoms with Crippen molar-refractivity contribution < 1.29 is 0 Å². The van der Waals surface area contributed by atoms with Gasteiger partial charge in [-0.15, -0.1) is 0 Å². The summed E-state index contributed by atoms with van der Waals surface area (Å²) < 4.78 is 0. The molecule has 2 aliphatic rings. The summed E-state index contributed by atoms with van der Waals surface area (Å²) in [5.74, 6) is 0.